The molecule has 1 amide bonds. The highest BCUT2D eigenvalue weighted by atomic mass is 19.1. The van der Waals surface area contributed by atoms with Crippen LogP contribution in [0.3, 0.4) is 0 Å². The van der Waals surface area contributed by atoms with Crippen LogP contribution in [-0.4, -0.2) is 19.6 Å². The molecule has 2 aliphatic rings. The lowest BCUT2D eigenvalue weighted by Gasteiger charge is -2.31. The van der Waals surface area contributed by atoms with Crippen LogP contribution in [0.15, 0.2) is 42.5 Å². The SMILES string of the molecule is COc1cccc2c1N(C(=O)C1CC1c1cccc(F)c1)CCC2. The molecule has 2 aromatic rings. The van der Waals surface area contributed by atoms with Crippen LogP contribution in [0.1, 0.15) is 29.9 Å². The minimum atomic E-state index is -0.240. The normalized spacial score (nSPS) is 22.0. The number of anilines is 1. The number of carbonyl (C=O) groups excluding carboxylic acids is 1. The molecule has 2 aromatic carbocycles. The average Bonchev–Trinajstić information content (AvgIpc) is 3.41. The van der Waals surface area contributed by atoms with Gasteiger partial charge in [0.05, 0.1) is 12.8 Å². The minimum Gasteiger partial charge on any atom is -0.495 e. The molecule has 1 heterocycles. The van der Waals surface area contributed by atoms with E-state index in [9.17, 15) is 9.18 Å². The van der Waals surface area contributed by atoms with Crippen LogP contribution in [0, 0.1) is 11.7 Å². The number of hydrogen-bond donors (Lipinski definition) is 0. The van der Waals surface area contributed by atoms with Crippen molar-refractivity contribution in [3.05, 3.63) is 59.4 Å². The maximum atomic E-state index is 13.4. The Balaban J connectivity index is 1.59. The average molecular weight is 325 g/mol. The molecule has 0 aromatic heterocycles. The Morgan fingerprint density at radius 1 is 1.25 bits per heavy atom. The Morgan fingerprint density at radius 2 is 2.08 bits per heavy atom. The van der Waals surface area contributed by atoms with Gasteiger partial charge in [-0.3, -0.25) is 4.79 Å². The highest BCUT2D eigenvalue weighted by Gasteiger charge is 2.47. The van der Waals surface area contributed by atoms with Gasteiger partial charge in [-0.2, -0.15) is 0 Å². The molecule has 0 radical (unpaired) electrons. The number of amides is 1. The summed E-state index contributed by atoms with van der Waals surface area (Å²) in [5.74, 6) is 0.727. The number of fused-ring (bicyclic) bond motifs is 1. The molecule has 0 saturated heterocycles. The van der Waals surface area contributed by atoms with E-state index in [-0.39, 0.29) is 23.6 Å². The topological polar surface area (TPSA) is 29.5 Å². The molecule has 0 spiro atoms. The predicted molar refractivity (Wildman–Crippen MR) is 90.9 cm³/mol. The van der Waals surface area contributed by atoms with E-state index in [4.69, 9.17) is 4.74 Å². The van der Waals surface area contributed by atoms with E-state index in [1.165, 1.54) is 6.07 Å². The Bertz CT molecular complexity index is 775. The van der Waals surface area contributed by atoms with Gasteiger partial charge < -0.3 is 9.64 Å². The molecule has 4 rings (SSSR count). The first kappa shape index (κ1) is 15.2. The molecule has 24 heavy (non-hydrogen) atoms. The lowest BCUT2D eigenvalue weighted by Crippen LogP contribution is -2.37. The van der Waals surface area contributed by atoms with Crippen LogP contribution in [0.4, 0.5) is 10.1 Å². The van der Waals surface area contributed by atoms with Gasteiger partial charge in [-0.25, -0.2) is 4.39 Å². The summed E-state index contributed by atoms with van der Waals surface area (Å²) in [5, 5.41) is 0. The molecular formula is C20H20FNO2. The monoisotopic (exact) mass is 325 g/mol. The van der Waals surface area contributed by atoms with Gasteiger partial charge in [0.25, 0.3) is 0 Å². The van der Waals surface area contributed by atoms with Crippen molar-refractivity contribution in [3.8, 4) is 5.75 Å². The van der Waals surface area contributed by atoms with E-state index in [2.05, 4.69) is 6.07 Å². The molecule has 1 aliphatic carbocycles. The zero-order valence-electron chi connectivity index (χ0n) is 13.7. The van der Waals surface area contributed by atoms with E-state index < -0.39 is 0 Å². The molecule has 4 heteroatoms. The van der Waals surface area contributed by atoms with Gasteiger partial charge in [0.2, 0.25) is 5.91 Å². The molecule has 124 valence electrons. The number of rotatable bonds is 3. The molecule has 2 unspecified atom stereocenters. The fraction of sp³-hybridized carbons (Fsp3) is 0.350. The van der Waals surface area contributed by atoms with Crippen molar-refractivity contribution in [3.63, 3.8) is 0 Å². The predicted octanol–water partition coefficient (Wildman–Crippen LogP) is 3.92. The fourth-order valence-electron chi connectivity index (χ4n) is 3.77. The second-order valence-corrected chi connectivity index (χ2v) is 6.57. The quantitative estimate of drug-likeness (QED) is 0.856. The van der Waals surface area contributed by atoms with Gasteiger partial charge in [0.1, 0.15) is 11.6 Å². The first-order valence-electron chi connectivity index (χ1n) is 8.42. The van der Waals surface area contributed by atoms with Gasteiger partial charge in [0.15, 0.2) is 0 Å². The maximum Gasteiger partial charge on any atom is 0.230 e. The Labute approximate surface area is 141 Å². The van der Waals surface area contributed by atoms with Crippen molar-refractivity contribution >= 4 is 11.6 Å². The first-order chi connectivity index (χ1) is 11.7. The summed E-state index contributed by atoms with van der Waals surface area (Å²) in [6.07, 6.45) is 2.72. The van der Waals surface area contributed by atoms with E-state index >= 15 is 0 Å². The van der Waals surface area contributed by atoms with Gasteiger partial charge in [-0.1, -0.05) is 24.3 Å². The van der Waals surface area contributed by atoms with E-state index in [0.29, 0.717) is 0 Å². The summed E-state index contributed by atoms with van der Waals surface area (Å²) in [4.78, 5) is 14.9. The highest BCUT2D eigenvalue weighted by Crippen LogP contribution is 2.50. The van der Waals surface area contributed by atoms with E-state index in [1.807, 2.05) is 23.1 Å². The second-order valence-electron chi connectivity index (χ2n) is 6.57. The smallest absolute Gasteiger partial charge is 0.230 e. The van der Waals surface area contributed by atoms with Crippen LogP contribution < -0.4 is 9.64 Å². The van der Waals surface area contributed by atoms with E-state index in [1.54, 1.807) is 19.2 Å². The standard InChI is InChI=1S/C20H20FNO2/c1-24-18-9-3-5-13-7-4-10-22(19(13)18)20(23)17-12-16(17)14-6-2-8-15(21)11-14/h2-3,5-6,8-9,11,16-17H,4,7,10,12H2,1H3. The summed E-state index contributed by atoms with van der Waals surface area (Å²) in [6, 6.07) is 12.5. The van der Waals surface area contributed by atoms with Crippen LogP contribution >= 0.6 is 0 Å². The van der Waals surface area contributed by atoms with Crippen molar-refractivity contribution < 1.29 is 13.9 Å². The lowest BCUT2D eigenvalue weighted by molar-refractivity contribution is -0.120. The number of halogens is 1. The number of benzene rings is 2. The van der Waals surface area contributed by atoms with Crippen molar-refractivity contribution in [2.75, 3.05) is 18.6 Å². The summed E-state index contributed by atoms with van der Waals surface area (Å²) < 4.78 is 18.9. The van der Waals surface area contributed by atoms with Crippen molar-refractivity contribution in [1.29, 1.82) is 0 Å². The number of methoxy groups -OCH3 is 1. The molecule has 2 atom stereocenters. The Kier molecular flexibility index (Phi) is 3.75. The molecule has 0 bridgehead atoms. The summed E-state index contributed by atoms with van der Waals surface area (Å²) in [6.45, 7) is 0.721. The third-order valence-corrected chi connectivity index (χ3v) is 5.05. The molecule has 1 aliphatic heterocycles. The van der Waals surface area contributed by atoms with Gasteiger partial charge in [-0.15, -0.1) is 0 Å². The van der Waals surface area contributed by atoms with Gasteiger partial charge >= 0.3 is 0 Å². The number of hydrogen-bond acceptors (Lipinski definition) is 2. The maximum absolute atomic E-state index is 13.4. The molecule has 1 saturated carbocycles. The van der Waals surface area contributed by atoms with Crippen molar-refractivity contribution in [1.82, 2.24) is 0 Å². The number of aryl methyl sites for hydroxylation is 1. The summed E-state index contributed by atoms with van der Waals surface area (Å²) in [7, 11) is 1.64. The summed E-state index contributed by atoms with van der Waals surface area (Å²) in [5.41, 5.74) is 3.00. The third kappa shape index (κ3) is 2.56. The highest BCUT2D eigenvalue weighted by molar-refractivity contribution is 5.99. The Morgan fingerprint density at radius 3 is 2.88 bits per heavy atom. The number of nitrogens with zero attached hydrogens (tertiary/aromatic N) is 1. The number of para-hydroxylation sites is 1. The third-order valence-electron chi connectivity index (χ3n) is 5.05. The second kappa shape index (κ2) is 5.93. The largest absolute Gasteiger partial charge is 0.495 e. The molecular weight excluding hydrogens is 305 g/mol. The van der Waals surface area contributed by atoms with Crippen LogP contribution in [0.2, 0.25) is 0 Å². The zero-order valence-corrected chi connectivity index (χ0v) is 13.7. The molecule has 0 N–H and O–H groups in total. The number of carbonyl (C=O) groups is 1. The van der Waals surface area contributed by atoms with Gasteiger partial charge in [0, 0.05) is 12.5 Å². The Hall–Kier alpha value is -2.36. The van der Waals surface area contributed by atoms with Gasteiger partial charge in [-0.05, 0) is 54.5 Å². The summed E-state index contributed by atoms with van der Waals surface area (Å²) >= 11 is 0. The minimum absolute atomic E-state index is 0.0531. The zero-order chi connectivity index (χ0) is 16.7. The van der Waals surface area contributed by atoms with Crippen molar-refractivity contribution in [2.24, 2.45) is 5.92 Å². The lowest BCUT2D eigenvalue weighted by atomic mass is 10.00. The first-order valence-corrected chi connectivity index (χ1v) is 8.42. The molecule has 3 nitrogen and oxygen atoms in total. The van der Waals surface area contributed by atoms with Crippen LogP contribution in [0.5, 0.6) is 5.75 Å². The van der Waals surface area contributed by atoms with E-state index in [0.717, 1.165) is 48.4 Å². The van der Waals surface area contributed by atoms with Crippen LogP contribution in [-0.2, 0) is 11.2 Å². The number of ether oxygens (including phenoxy) is 1. The van der Waals surface area contributed by atoms with Crippen molar-refractivity contribution in [2.45, 2.75) is 25.2 Å². The molecule has 1 fully saturated rings. The van der Waals surface area contributed by atoms with Crippen LogP contribution in [0.25, 0.3) is 0 Å². The fourth-order valence-corrected chi connectivity index (χ4v) is 3.77.